The number of hydrogen-bond donors (Lipinski definition) is 1. The highest BCUT2D eigenvalue weighted by Crippen LogP contribution is 2.31. The van der Waals surface area contributed by atoms with E-state index in [4.69, 9.17) is 19.4 Å². The van der Waals surface area contributed by atoms with Gasteiger partial charge in [0.2, 0.25) is 5.91 Å². The van der Waals surface area contributed by atoms with Crippen LogP contribution in [0.4, 0.5) is 11.5 Å². The van der Waals surface area contributed by atoms with E-state index in [1.807, 2.05) is 48.5 Å². The maximum absolute atomic E-state index is 13.0. The topological polar surface area (TPSA) is 76.6 Å². The molecule has 162 valence electrons. The number of nitrogens with one attached hydrogen (secondary N) is 1. The summed E-state index contributed by atoms with van der Waals surface area (Å²) in [5.74, 6) is 1.82. The summed E-state index contributed by atoms with van der Waals surface area (Å²) < 4.78 is 11.2. The average molecular weight is 421 g/mol. The molecule has 1 unspecified atom stereocenters. The van der Waals surface area contributed by atoms with Crippen LogP contribution >= 0.6 is 0 Å². The van der Waals surface area contributed by atoms with Gasteiger partial charge in [-0.15, -0.1) is 0 Å². The molecule has 1 atom stereocenters. The third-order valence-electron chi connectivity index (χ3n) is 5.39. The molecule has 0 aliphatic carbocycles. The molecule has 1 aliphatic heterocycles. The van der Waals surface area contributed by atoms with Crippen molar-refractivity contribution in [3.63, 3.8) is 0 Å². The number of piperidine rings is 1. The fraction of sp³-hybridized carbons (Fsp3) is 0.375. The number of carbonyl (C=O) groups is 1. The van der Waals surface area contributed by atoms with Crippen molar-refractivity contribution in [1.82, 2.24) is 9.97 Å². The highest BCUT2D eigenvalue weighted by Gasteiger charge is 2.29. The summed E-state index contributed by atoms with van der Waals surface area (Å²) in [5, 5.41) is 3.02. The quantitative estimate of drug-likeness (QED) is 0.615. The first-order valence-electron chi connectivity index (χ1n) is 10.8. The molecule has 1 fully saturated rings. The van der Waals surface area contributed by atoms with Crippen LogP contribution in [0.25, 0.3) is 11.0 Å². The van der Waals surface area contributed by atoms with Gasteiger partial charge in [-0.3, -0.25) is 4.79 Å². The van der Waals surface area contributed by atoms with E-state index in [9.17, 15) is 4.79 Å². The molecule has 4 rings (SSSR count). The zero-order chi connectivity index (χ0) is 21.6. The van der Waals surface area contributed by atoms with Gasteiger partial charge in [-0.05, 0) is 43.5 Å². The van der Waals surface area contributed by atoms with Gasteiger partial charge in [0, 0.05) is 24.8 Å². The number of amides is 1. The molecule has 1 aromatic heterocycles. The van der Waals surface area contributed by atoms with Crippen molar-refractivity contribution >= 4 is 28.4 Å². The van der Waals surface area contributed by atoms with Gasteiger partial charge in [0.1, 0.15) is 5.75 Å². The number of rotatable bonds is 7. The summed E-state index contributed by atoms with van der Waals surface area (Å²) >= 11 is 0. The Morgan fingerprint density at radius 2 is 1.97 bits per heavy atom. The molecule has 1 saturated heterocycles. The van der Waals surface area contributed by atoms with E-state index < -0.39 is 0 Å². The number of benzene rings is 2. The van der Waals surface area contributed by atoms with Gasteiger partial charge >= 0.3 is 0 Å². The van der Waals surface area contributed by atoms with Crippen LogP contribution in [0, 0.1) is 5.92 Å². The maximum atomic E-state index is 13.0. The zero-order valence-electron chi connectivity index (χ0n) is 18.0. The van der Waals surface area contributed by atoms with Crippen LogP contribution in [0.5, 0.6) is 11.6 Å². The zero-order valence-corrected chi connectivity index (χ0v) is 18.0. The van der Waals surface area contributed by atoms with E-state index in [0.717, 1.165) is 42.5 Å². The lowest BCUT2D eigenvalue weighted by Gasteiger charge is -2.33. The highest BCUT2D eigenvalue weighted by atomic mass is 16.5. The first-order valence-corrected chi connectivity index (χ1v) is 10.8. The number of hydrogen-bond acceptors (Lipinski definition) is 6. The summed E-state index contributed by atoms with van der Waals surface area (Å²) in [6, 6.07) is 15.2. The number of ether oxygens (including phenoxy) is 2. The van der Waals surface area contributed by atoms with E-state index >= 15 is 0 Å². The maximum Gasteiger partial charge on any atom is 0.258 e. The van der Waals surface area contributed by atoms with Crippen LogP contribution in [-0.2, 0) is 4.79 Å². The monoisotopic (exact) mass is 420 g/mol. The number of methoxy groups -OCH3 is 1. The largest absolute Gasteiger partial charge is 0.497 e. The average Bonchev–Trinajstić information content (AvgIpc) is 2.82. The fourth-order valence-electron chi connectivity index (χ4n) is 3.80. The second-order valence-electron chi connectivity index (χ2n) is 7.70. The SMILES string of the molecule is CCCOc1nc2ccccc2nc1N1CCCC(C(=O)Nc2cccc(OC)c2)C1. The van der Waals surface area contributed by atoms with Gasteiger partial charge in [0.05, 0.1) is 30.7 Å². The Hall–Kier alpha value is -3.35. The first-order chi connectivity index (χ1) is 15.2. The van der Waals surface area contributed by atoms with Gasteiger partial charge in [0.25, 0.3) is 5.88 Å². The van der Waals surface area contributed by atoms with Crippen LogP contribution < -0.4 is 19.7 Å². The lowest BCUT2D eigenvalue weighted by atomic mass is 9.97. The van der Waals surface area contributed by atoms with E-state index in [0.29, 0.717) is 30.6 Å². The first kappa shape index (κ1) is 20.9. The van der Waals surface area contributed by atoms with Crippen molar-refractivity contribution in [2.24, 2.45) is 5.92 Å². The Balaban J connectivity index is 1.54. The minimum atomic E-state index is -0.146. The molecule has 1 amide bonds. The minimum absolute atomic E-state index is 0.00253. The number of aromatic nitrogens is 2. The smallest absolute Gasteiger partial charge is 0.258 e. The normalized spacial score (nSPS) is 16.2. The summed E-state index contributed by atoms with van der Waals surface area (Å²) in [7, 11) is 1.61. The van der Waals surface area contributed by atoms with Gasteiger partial charge in [-0.25, -0.2) is 9.97 Å². The molecule has 7 nitrogen and oxygen atoms in total. The second kappa shape index (κ2) is 9.64. The predicted molar refractivity (Wildman–Crippen MR) is 122 cm³/mol. The van der Waals surface area contributed by atoms with Gasteiger partial charge in [-0.2, -0.15) is 0 Å². The van der Waals surface area contributed by atoms with Crippen molar-refractivity contribution < 1.29 is 14.3 Å². The molecule has 1 aliphatic rings. The molecule has 1 N–H and O–H groups in total. The second-order valence-corrected chi connectivity index (χ2v) is 7.70. The molecule has 0 saturated carbocycles. The van der Waals surface area contributed by atoms with Crippen molar-refractivity contribution in [3.05, 3.63) is 48.5 Å². The highest BCUT2D eigenvalue weighted by molar-refractivity contribution is 5.93. The standard InChI is InChI=1S/C24H28N4O3/c1-3-14-31-24-22(26-20-11-4-5-12-21(20)27-24)28-13-7-8-17(16-28)23(29)25-18-9-6-10-19(15-18)30-2/h4-6,9-12,15,17H,3,7-8,13-14,16H2,1-2H3,(H,25,29). The van der Waals surface area contributed by atoms with Crippen molar-refractivity contribution in [1.29, 1.82) is 0 Å². The van der Waals surface area contributed by atoms with E-state index in [1.54, 1.807) is 7.11 Å². The van der Waals surface area contributed by atoms with Gasteiger partial charge in [0.15, 0.2) is 5.82 Å². The summed E-state index contributed by atoms with van der Waals surface area (Å²) in [6.45, 7) is 4.03. The molecule has 0 spiro atoms. The van der Waals surface area contributed by atoms with Crippen LogP contribution in [0.15, 0.2) is 48.5 Å². The summed E-state index contributed by atoms with van der Waals surface area (Å²) in [5.41, 5.74) is 2.37. The molecule has 7 heteroatoms. The third kappa shape index (κ3) is 4.87. The number of nitrogens with zero attached hydrogens (tertiary/aromatic N) is 3. The van der Waals surface area contributed by atoms with Crippen LogP contribution in [-0.4, -0.2) is 42.7 Å². The fourth-order valence-corrected chi connectivity index (χ4v) is 3.80. The van der Waals surface area contributed by atoms with Crippen molar-refractivity contribution in [3.8, 4) is 11.6 Å². The van der Waals surface area contributed by atoms with Crippen LogP contribution in [0.1, 0.15) is 26.2 Å². The van der Waals surface area contributed by atoms with Crippen molar-refractivity contribution in [2.45, 2.75) is 26.2 Å². The number of carbonyl (C=O) groups excluding carboxylic acids is 1. The Labute approximate surface area is 182 Å². The minimum Gasteiger partial charge on any atom is -0.497 e. The number of para-hydroxylation sites is 2. The molecule has 3 aromatic rings. The summed E-state index contributed by atoms with van der Waals surface area (Å²) in [6.07, 6.45) is 2.62. The van der Waals surface area contributed by atoms with Crippen LogP contribution in [0.2, 0.25) is 0 Å². The van der Waals surface area contributed by atoms with Crippen LogP contribution in [0.3, 0.4) is 0 Å². The molecular weight excluding hydrogens is 392 g/mol. The molecule has 0 radical (unpaired) electrons. The van der Waals surface area contributed by atoms with Gasteiger partial charge in [-0.1, -0.05) is 25.1 Å². The predicted octanol–water partition coefficient (Wildman–Crippen LogP) is 4.28. The number of fused-ring (bicyclic) bond motifs is 1. The Bertz CT molecular complexity index is 1060. The molecule has 0 bridgehead atoms. The molecule has 2 aromatic carbocycles. The third-order valence-corrected chi connectivity index (χ3v) is 5.39. The molecule has 2 heterocycles. The Kier molecular flexibility index (Phi) is 6.50. The van der Waals surface area contributed by atoms with E-state index in [1.165, 1.54) is 0 Å². The molecule has 31 heavy (non-hydrogen) atoms. The lowest BCUT2D eigenvalue weighted by molar-refractivity contribution is -0.120. The van der Waals surface area contributed by atoms with E-state index in [2.05, 4.69) is 17.1 Å². The van der Waals surface area contributed by atoms with E-state index in [-0.39, 0.29) is 11.8 Å². The summed E-state index contributed by atoms with van der Waals surface area (Å²) in [4.78, 5) is 24.6. The van der Waals surface area contributed by atoms with Crippen molar-refractivity contribution in [2.75, 3.05) is 37.0 Å². The van der Waals surface area contributed by atoms with Gasteiger partial charge < -0.3 is 19.7 Å². The number of anilines is 2. The Morgan fingerprint density at radius 1 is 1.16 bits per heavy atom. The Morgan fingerprint density at radius 3 is 2.74 bits per heavy atom. The lowest BCUT2D eigenvalue weighted by Crippen LogP contribution is -2.41. The molecular formula is C24H28N4O3.